The minimum Gasteiger partial charge on any atom is -0.479 e. The van der Waals surface area contributed by atoms with Crippen molar-refractivity contribution in [2.24, 2.45) is 5.92 Å². The Labute approximate surface area is 166 Å². The number of nitro groups is 1. The van der Waals surface area contributed by atoms with Crippen LogP contribution in [0.2, 0.25) is 0 Å². The molecule has 11 heteroatoms. The molecule has 4 N–H and O–H groups in total. The van der Waals surface area contributed by atoms with E-state index in [-0.39, 0.29) is 11.3 Å². The maximum absolute atomic E-state index is 12.4. The van der Waals surface area contributed by atoms with Crippen molar-refractivity contribution in [2.45, 2.75) is 45.6 Å². The van der Waals surface area contributed by atoms with E-state index in [2.05, 4.69) is 10.6 Å². The number of rotatable bonds is 10. The van der Waals surface area contributed by atoms with Crippen molar-refractivity contribution >= 4 is 35.1 Å². The van der Waals surface area contributed by atoms with Crippen LogP contribution in [0.1, 0.15) is 39.2 Å². The molecule has 0 radical (unpaired) electrons. The number of aliphatic carboxylic acids is 2. The summed E-state index contributed by atoms with van der Waals surface area (Å²) in [5.41, 5.74) is -3.37. The third-order valence-electron chi connectivity index (χ3n) is 4.46. The van der Waals surface area contributed by atoms with E-state index >= 15 is 0 Å². The summed E-state index contributed by atoms with van der Waals surface area (Å²) < 4.78 is 0. The largest absolute Gasteiger partial charge is 0.479 e. The summed E-state index contributed by atoms with van der Waals surface area (Å²) in [6.45, 7) is 4.58. The lowest BCUT2D eigenvalue weighted by molar-refractivity contribution is -0.384. The molecule has 11 nitrogen and oxygen atoms in total. The molecule has 0 spiro atoms. The summed E-state index contributed by atoms with van der Waals surface area (Å²) in [6, 6.07) is 3.39. The molecule has 0 heterocycles. The van der Waals surface area contributed by atoms with Crippen LogP contribution in [-0.4, -0.2) is 44.4 Å². The van der Waals surface area contributed by atoms with Crippen molar-refractivity contribution < 1.29 is 34.3 Å². The van der Waals surface area contributed by atoms with Gasteiger partial charge in [-0.3, -0.25) is 19.7 Å². The van der Waals surface area contributed by atoms with Crippen molar-refractivity contribution in [2.75, 3.05) is 5.32 Å². The minimum absolute atomic E-state index is 0.0135. The van der Waals surface area contributed by atoms with Gasteiger partial charge in [-0.15, -0.1) is 0 Å². The van der Waals surface area contributed by atoms with Gasteiger partial charge in [0.15, 0.2) is 0 Å². The average molecular weight is 409 g/mol. The average Bonchev–Trinajstić information content (AvgIpc) is 2.62. The summed E-state index contributed by atoms with van der Waals surface area (Å²) in [6.07, 6.45) is 0.0355. The quantitative estimate of drug-likeness (QED) is 0.255. The lowest BCUT2D eigenvalue weighted by atomic mass is 9.89. The number of benzene rings is 1. The SMILES string of the molecule is CCC(CC)C(=O)NC(Cc1ccc(NC(C)=O)c([N+](=O)[O-])c1)(C(=O)O)C(=O)O. The maximum Gasteiger partial charge on any atom is 0.341 e. The van der Waals surface area contributed by atoms with E-state index in [1.54, 1.807) is 13.8 Å². The van der Waals surface area contributed by atoms with Crippen LogP contribution in [0.5, 0.6) is 0 Å². The van der Waals surface area contributed by atoms with Crippen LogP contribution in [0.15, 0.2) is 18.2 Å². The van der Waals surface area contributed by atoms with Crippen molar-refractivity contribution in [3.63, 3.8) is 0 Å². The number of carboxylic acids is 2. The molecule has 0 saturated heterocycles. The van der Waals surface area contributed by atoms with Gasteiger partial charge in [0.25, 0.3) is 5.69 Å². The van der Waals surface area contributed by atoms with Crippen LogP contribution >= 0.6 is 0 Å². The van der Waals surface area contributed by atoms with Crippen LogP contribution in [-0.2, 0) is 25.6 Å². The third-order valence-corrected chi connectivity index (χ3v) is 4.46. The van der Waals surface area contributed by atoms with Crippen molar-refractivity contribution in [3.8, 4) is 0 Å². The van der Waals surface area contributed by atoms with Gasteiger partial charge in [-0.2, -0.15) is 0 Å². The molecule has 0 unspecified atom stereocenters. The predicted molar refractivity (Wildman–Crippen MR) is 101 cm³/mol. The fourth-order valence-corrected chi connectivity index (χ4v) is 2.81. The summed E-state index contributed by atoms with van der Waals surface area (Å²) >= 11 is 0. The second-order valence-corrected chi connectivity index (χ2v) is 6.48. The van der Waals surface area contributed by atoms with Gasteiger partial charge in [0.2, 0.25) is 17.4 Å². The van der Waals surface area contributed by atoms with Crippen LogP contribution in [0.3, 0.4) is 0 Å². The highest BCUT2D eigenvalue weighted by Crippen LogP contribution is 2.28. The number of hydrogen-bond acceptors (Lipinski definition) is 6. The Morgan fingerprint density at radius 2 is 1.69 bits per heavy atom. The lowest BCUT2D eigenvalue weighted by Crippen LogP contribution is -2.62. The van der Waals surface area contributed by atoms with Gasteiger partial charge < -0.3 is 20.8 Å². The highest BCUT2D eigenvalue weighted by Gasteiger charge is 2.49. The fourth-order valence-electron chi connectivity index (χ4n) is 2.81. The number of nitrogens with one attached hydrogen (secondary N) is 2. The first-order chi connectivity index (χ1) is 13.5. The van der Waals surface area contributed by atoms with Crippen LogP contribution < -0.4 is 10.6 Å². The highest BCUT2D eigenvalue weighted by molar-refractivity contribution is 6.07. The van der Waals surface area contributed by atoms with Crippen molar-refractivity contribution in [3.05, 3.63) is 33.9 Å². The van der Waals surface area contributed by atoms with E-state index in [0.717, 1.165) is 13.0 Å². The molecule has 0 aromatic heterocycles. The number of hydrogen-bond donors (Lipinski definition) is 4. The first-order valence-corrected chi connectivity index (χ1v) is 8.82. The number of anilines is 1. The normalized spacial score (nSPS) is 11.0. The third kappa shape index (κ3) is 5.50. The summed E-state index contributed by atoms with van der Waals surface area (Å²) in [5.74, 6) is -5.48. The first kappa shape index (κ1) is 23.5. The Hall–Kier alpha value is -3.50. The van der Waals surface area contributed by atoms with Gasteiger partial charge in [-0.25, -0.2) is 9.59 Å². The number of carboxylic acid groups (broad SMARTS) is 2. The zero-order valence-corrected chi connectivity index (χ0v) is 16.2. The number of carbonyl (C=O) groups is 4. The maximum atomic E-state index is 12.4. The molecule has 158 valence electrons. The van der Waals surface area contributed by atoms with Gasteiger partial charge in [-0.1, -0.05) is 19.9 Å². The molecule has 0 aliphatic rings. The van der Waals surface area contributed by atoms with Gasteiger partial charge in [0.1, 0.15) is 5.69 Å². The first-order valence-electron chi connectivity index (χ1n) is 8.82. The van der Waals surface area contributed by atoms with Gasteiger partial charge >= 0.3 is 11.9 Å². The van der Waals surface area contributed by atoms with E-state index in [0.29, 0.717) is 12.8 Å². The molecule has 0 saturated carbocycles. The van der Waals surface area contributed by atoms with Gasteiger partial charge in [0.05, 0.1) is 4.92 Å². The molecular weight excluding hydrogens is 386 g/mol. The van der Waals surface area contributed by atoms with Gasteiger partial charge in [-0.05, 0) is 24.5 Å². The standard InChI is InChI=1S/C18H23N3O8/c1-4-12(5-2)15(23)20-18(16(24)25,17(26)27)9-11-6-7-13(19-10(3)22)14(8-11)21(28)29/h6-8,12H,4-5,9H2,1-3H3,(H,19,22)(H,20,23)(H,24,25)(H,26,27). The number of amides is 2. The molecule has 0 fully saturated rings. The molecule has 0 bridgehead atoms. The zero-order valence-electron chi connectivity index (χ0n) is 16.2. The van der Waals surface area contributed by atoms with E-state index in [9.17, 15) is 39.5 Å². The molecule has 1 aromatic carbocycles. The second kappa shape index (κ2) is 9.62. The number of carbonyl (C=O) groups excluding carboxylic acids is 2. The molecule has 2 amide bonds. The molecule has 0 aliphatic carbocycles. The Balaban J connectivity index is 3.40. The fraction of sp³-hybridized carbons (Fsp3) is 0.444. The van der Waals surface area contributed by atoms with Crippen molar-refractivity contribution in [1.29, 1.82) is 0 Å². The molecule has 1 rings (SSSR count). The van der Waals surface area contributed by atoms with E-state index < -0.39 is 52.2 Å². The van der Waals surface area contributed by atoms with Crippen LogP contribution in [0.4, 0.5) is 11.4 Å². The Bertz CT molecular complexity index is 818. The van der Waals surface area contributed by atoms with Crippen LogP contribution in [0.25, 0.3) is 0 Å². The number of nitrogens with zero attached hydrogens (tertiary/aromatic N) is 1. The van der Waals surface area contributed by atoms with Crippen LogP contribution in [0, 0.1) is 16.0 Å². The monoisotopic (exact) mass is 409 g/mol. The summed E-state index contributed by atoms with van der Waals surface area (Å²) in [5, 5.41) is 34.8. The van der Waals surface area contributed by atoms with E-state index in [1.165, 1.54) is 12.1 Å². The molecule has 29 heavy (non-hydrogen) atoms. The second-order valence-electron chi connectivity index (χ2n) is 6.48. The molecule has 1 aromatic rings. The highest BCUT2D eigenvalue weighted by atomic mass is 16.6. The lowest BCUT2D eigenvalue weighted by Gasteiger charge is -2.28. The zero-order chi connectivity index (χ0) is 22.4. The van der Waals surface area contributed by atoms with E-state index in [1.807, 2.05) is 0 Å². The Morgan fingerprint density at radius 1 is 1.14 bits per heavy atom. The predicted octanol–water partition coefficient (Wildman–Crippen LogP) is 1.56. The minimum atomic E-state index is -2.71. The smallest absolute Gasteiger partial charge is 0.341 e. The van der Waals surface area contributed by atoms with Crippen molar-refractivity contribution in [1.82, 2.24) is 5.32 Å². The number of nitro benzene ring substituents is 1. The Morgan fingerprint density at radius 3 is 2.10 bits per heavy atom. The van der Waals surface area contributed by atoms with E-state index in [4.69, 9.17) is 0 Å². The molecule has 0 aliphatic heterocycles. The molecule has 0 atom stereocenters. The summed E-state index contributed by atoms with van der Waals surface area (Å²) in [4.78, 5) is 57.8. The van der Waals surface area contributed by atoms with Gasteiger partial charge in [0, 0.05) is 25.3 Å². The Kier molecular flexibility index (Phi) is 7.81. The summed E-state index contributed by atoms with van der Waals surface area (Å²) in [7, 11) is 0. The topological polar surface area (TPSA) is 176 Å². The molecular formula is C18H23N3O8.